The average molecular weight is 478 g/mol. The highest BCUT2D eigenvalue weighted by Gasteiger charge is 2.39. The number of nitrogens with zero attached hydrogens (tertiary/aromatic N) is 2. The zero-order valence-corrected chi connectivity index (χ0v) is 17.7. The van der Waals surface area contributed by atoms with Crippen molar-refractivity contribution in [3.63, 3.8) is 0 Å². The van der Waals surface area contributed by atoms with Gasteiger partial charge >= 0.3 is 6.09 Å². The molecule has 138 valence electrons. The minimum absolute atomic E-state index is 0.0421. The van der Waals surface area contributed by atoms with E-state index in [-0.39, 0.29) is 30.1 Å². The number of aromatic nitrogens is 1. The molecule has 1 saturated heterocycles. The van der Waals surface area contributed by atoms with Gasteiger partial charge in [-0.3, -0.25) is 4.79 Å². The zero-order valence-electron chi connectivity index (χ0n) is 14.5. The summed E-state index contributed by atoms with van der Waals surface area (Å²) in [7, 11) is 0. The molecule has 0 aliphatic carbocycles. The Kier molecular flexibility index (Phi) is 5.07. The number of amides is 1. The number of aliphatic hydroxyl groups is 1. The Morgan fingerprint density at radius 1 is 1.24 bits per heavy atom. The molecule has 0 radical (unpaired) electrons. The Balaban J connectivity index is 1.97. The van der Waals surface area contributed by atoms with Crippen molar-refractivity contribution in [2.45, 2.75) is 51.9 Å². The lowest BCUT2D eigenvalue weighted by Gasteiger charge is -2.43. The summed E-state index contributed by atoms with van der Waals surface area (Å²) >= 11 is 6.87. The van der Waals surface area contributed by atoms with Crippen LogP contribution in [-0.4, -0.2) is 39.4 Å². The van der Waals surface area contributed by atoms with E-state index in [1.54, 1.807) is 9.47 Å². The highest BCUT2D eigenvalue weighted by atomic mass is 79.9. The lowest BCUT2D eigenvalue weighted by molar-refractivity contribution is 0.0101. The fourth-order valence-electron chi connectivity index (χ4n) is 3.71. The molecule has 6 nitrogen and oxygen atoms in total. The van der Waals surface area contributed by atoms with Gasteiger partial charge in [0.25, 0.3) is 5.56 Å². The van der Waals surface area contributed by atoms with Gasteiger partial charge < -0.3 is 19.3 Å². The predicted molar refractivity (Wildman–Crippen MR) is 101 cm³/mol. The molecule has 1 aromatic heterocycles. The van der Waals surface area contributed by atoms with Crippen LogP contribution in [0.4, 0.5) is 4.79 Å². The van der Waals surface area contributed by atoms with Gasteiger partial charge in [0.15, 0.2) is 0 Å². The first-order chi connectivity index (χ1) is 11.6. The van der Waals surface area contributed by atoms with Gasteiger partial charge in [-0.15, -0.1) is 0 Å². The number of hydrogen-bond acceptors (Lipinski definition) is 4. The zero-order chi connectivity index (χ0) is 18.5. The maximum absolute atomic E-state index is 12.7. The van der Waals surface area contributed by atoms with E-state index in [4.69, 9.17) is 4.74 Å². The van der Waals surface area contributed by atoms with Crippen LogP contribution in [0.3, 0.4) is 0 Å². The van der Waals surface area contributed by atoms with Crippen LogP contribution < -0.4 is 5.56 Å². The van der Waals surface area contributed by atoms with Gasteiger partial charge in [0.2, 0.25) is 0 Å². The van der Waals surface area contributed by atoms with E-state index in [2.05, 4.69) is 31.9 Å². The molecule has 2 unspecified atom stereocenters. The van der Waals surface area contributed by atoms with E-state index in [9.17, 15) is 14.7 Å². The van der Waals surface area contributed by atoms with Gasteiger partial charge in [-0.05, 0) is 65.0 Å². The molecule has 1 aromatic rings. The van der Waals surface area contributed by atoms with Crippen molar-refractivity contribution in [1.29, 1.82) is 0 Å². The monoisotopic (exact) mass is 476 g/mol. The van der Waals surface area contributed by atoms with E-state index < -0.39 is 5.60 Å². The smallest absolute Gasteiger partial charge is 0.410 e. The highest BCUT2D eigenvalue weighted by Crippen LogP contribution is 2.41. The van der Waals surface area contributed by atoms with Crippen molar-refractivity contribution in [1.82, 2.24) is 9.47 Å². The Morgan fingerprint density at radius 2 is 1.92 bits per heavy atom. The number of halogens is 2. The molecule has 25 heavy (non-hydrogen) atoms. The summed E-state index contributed by atoms with van der Waals surface area (Å²) in [5.41, 5.74) is 0.766. The van der Waals surface area contributed by atoms with Crippen molar-refractivity contribution in [3.8, 4) is 0 Å². The first kappa shape index (κ1) is 18.9. The maximum atomic E-state index is 12.7. The van der Waals surface area contributed by atoms with Crippen molar-refractivity contribution in [2.75, 3.05) is 13.1 Å². The van der Waals surface area contributed by atoms with E-state index in [1.807, 2.05) is 20.8 Å². The number of hydrogen-bond donors (Lipinski definition) is 1. The van der Waals surface area contributed by atoms with Crippen molar-refractivity contribution in [3.05, 3.63) is 30.6 Å². The quantitative estimate of drug-likeness (QED) is 0.674. The van der Waals surface area contributed by atoms with Crippen LogP contribution >= 0.6 is 31.9 Å². The molecule has 2 atom stereocenters. The molecule has 3 rings (SSSR count). The molecule has 0 aromatic carbocycles. The standard InChI is InChI=1S/C17H22Br2N2O4/c1-17(2,3)25-16(24)20-5-9-4-10(7-20)14-12(18)11(8-22)13(19)15(23)21(14)6-9/h9-10,22H,4-8H2,1-3H3. The number of carbonyl (C=O) groups excluding carboxylic acids is 1. The van der Waals surface area contributed by atoms with Crippen LogP contribution in [0.1, 0.15) is 44.4 Å². The summed E-state index contributed by atoms with van der Waals surface area (Å²) in [6.45, 7) is 7.00. The first-order valence-electron chi connectivity index (χ1n) is 8.31. The molecule has 0 spiro atoms. The molecule has 0 saturated carbocycles. The SMILES string of the molecule is CC(C)(C)OC(=O)N1CC2CC(C1)c1c(Br)c(CO)c(Br)c(=O)n1C2. The fourth-order valence-corrected chi connectivity index (χ4v) is 5.38. The van der Waals surface area contributed by atoms with Gasteiger partial charge in [-0.25, -0.2) is 4.79 Å². The number of carbonyl (C=O) groups is 1. The molecule has 1 fully saturated rings. The van der Waals surface area contributed by atoms with E-state index >= 15 is 0 Å². The fraction of sp³-hybridized carbons (Fsp3) is 0.647. The summed E-state index contributed by atoms with van der Waals surface area (Å²) in [6.07, 6.45) is 0.609. The second-order valence-electron chi connectivity index (χ2n) is 7.75. The third-order valence-electron chi connectivity index (χ3n) is 4.65. The van der Waals surface area contributed by atoms with Crippen LogP contribution in [0, 0.1) is 5.92 Å². The van der Waals surface area contributed by atoms with Crippen molar-refractivity contribution < 1.29 is 14.6 Å². The summed E-state index contributed by atoms with van der Waals surface area (Å²) in [5, 5.41) is 9.63. The number of fused-ring (bicyclic) bond motifs is 4. The van der Waals surface area contributed by atoms with Gasteiger partial charge in [0.1, 0.15) is 5.60 Å². The maximum Gasteiger partial charge on any atom is 0.410 e. The lowest BCUT2D eigenvalue weighted by atomic mass is 9.83. The molecular formula is C17H22Br2N2O4. The summed E-state index contributed by atoms with van der Waals surface area (Å²) < 4.78 is 8.43. The third-order valence-corrected chi connectivity index (χ3v) is 6.36. The molecule has 2 aliphatic heterocycles. The molecular weight excluding hydrogens is 456 g/mol. The second-order valence-corrected chi connectivity index (χ2v) is 9.34. The summed E-state index contributed by atoms with van der Waals surface area (Å²) in [5.74, 6) is 0.260. The minimum Gasteiger partial charge on any atom is -0.444 e. The molecule has 3 heterocycles. The van der Waals surface area contributed by atoms with E-state index in [1.165, 1.54) is 0 Å². The molecule has 1 amide bonds. The molecule has 1 N–H and O–H groups in total. The van der Waals surface area contributed by atoms with E-state index in [0.717, 1.165) is 16.6 Å². The third kappa shape index (κ3) is 3.53. The lowest BCUT2D eigenvalue weighted by Crippen LogP contribution is -2.50. The Labute approximate surface area is 163 Å². The Hall–Kier alpha value is -0.860. The highest BCUT2D eigenvalue weighted by molar-refractivity contribution is 9.11. The van der Waals surface area contributed by atoms with E-state index in [0.29, 0.717) is 29.7 Å². The first-order valence-corrected chi connectivity index (χ1v) is 9.90. The number of piperidine rings is 1. The normalized spacial score (nSPS) is 22.6. The van der Waals surface area contributed by atoms with Crippen molar-refractivity contribution in [2.24, 2.45) is 5.92 Å². The summed E-state index contributed by atoms with van der Waals surface area (Å²) in [4.78, 5) is 26.9. The molecule has 2 bridgehead atoms. The van der Waals surface area contributed by atoms with Gasteiger partial charge in [0, 0.05) is 41.3 Å². The van der Waals surface area contributed by atoms with Crippen LogP contribution in [0.5, 0.6) is 0 Å². The van der Waals surface area contributed by atoms with Gasteiger partial charge in [-0.2, -0.15) is 0 Å². The van der Waals surface area contributed by atoms with Gasteiger partial charge in [0.05, 0.1) is 11.1 Å². The molecule has 8 heteroatoms. The minimum atomic E-state index is -0.534. The number of aliphatic hydroxyl groups excluding tert-OH is 1. The van der Waals surface area contributed by atoms with Crippen molar-refractivity contribution >= 4 is 38.0 Å². The average Bonchev–Trinajstić information content (AvgIpc) is 2.50. The number of rotatable bonds is 1. The number of ether oxygens (including phenoxy) is 1. The van der Waals surface area contributed by atoms with Crippen LogP contribution in [0.2, 0.25) is 0 Å². The number of likely N-dealkylation sites (tertiary alicyclic amines) is 1. The largest absolute Gasteiger partial charge is 0.444 e. The number of pyridine rings is 1. The Morgan fingerprint density at radius 3 is 2.52 bits per heavy atom. The molecule has 2 aliphatic rings. The topological polar surface area (TPSA) is 71.8 Å². The van der Waals surface area contributed by atoms with Crippen LogP contribution in [0.15, 0.2) is 13.7 Å². The van der Waals surface area contributed by atoms with Crippen LogP contribution in [0.25, 0.3) is 0 Å². The predicted octanol–water partition coefficient (Wildman–Crippen LogP) is 3.22. The van der Waals surface area contributed by atoms with Crippen LogP contribution in [-0.2, 0) is 17.9 Å². The van der Waals surface area contributed by atoms with Gasteiger partial charge in [-0.1, -0.05) is 0 Å². The summed E-state index contributed by atoms with van der Waals surface area (Å²) in [6, 6.07) is 0. The Bertz CT molecular complexity index is 769. The second kappa shape index (κ2) is 6.70.